The average molecular weight is 323 g/mol. The van der Waals surface area contributed by atoms with Gasteiger partial charge in [0.2, 0.25) is 0 Å². The zero-order valence-electron chi connectivity index (χ0n) is 12.3. The van der Waals surface area contributed by atoms with Crippen LogP contribution < -0.4 is 5.32 Å². The number of anilines is 1. The predicted octanol–water partition coefficient (Wildman–Crippen LogP) is 4.45. The van der Waals surface area contributed by atoms with E-state index in [1.165, 1.54) is 23.9 Å². The first-order valence-electron chi connectivity index (χ1n) is 7.09. The van der Waals surface area contributed by atoms with Crippen LogP contribution in [-0.2, 0) is 0 Å². The van der Waals surface area contributed by atoms with Crippen LogP contribution in [0.2, 0.25) is 0 Å². The van der Waals surface area contributed by atoms with Crippen LogP contribution in [0.1, 0.15) is 16.1 Å². The number of para-hydroxylation sites is 1. The minimum absolute atomic E-state index is 0.227. The first kappa shape index (κ1) is 13.8. The summed E-state index contributed by atoms with van der Waals surface area (Å²) >= 11 is 1.40. The molecule has 0 aliphatic rings. The van der Waals surface area contributed by atoms with Crippen LogP contribution >= 0.6 is 11.3 Å². The zero-order valence-corrected chi connectivity index (χ0v) is 13.1. The molecule has 0 aliphatic carbocycles. The van der Waals surface area contributed by atoms with E-state index in [0.29, 0.717) is 10.7 Å². The number of rotatable bonds is 3. The van der Waals surface area contributed by atoms with Gasteiger partial charge < -0.3 is 9.40 Å². The number of fused-ring (bicyclic) bond motifs is 1. The Hall–Kier alpha value is -2.86. The molecule has 0 saturated heterocycles. The fraction of sp³-hybridized carbons (Fsp3) is 0.0588. The Labute approximate surface area is 136 Å². The summed E-state index contributed by atoms with van der Waals surface area (Å²) < 4.78 is 4.92. The number of aromatic amines is 1. The number of furan rings is 1. The molecule has 0 atom stereocenters. The van der Waals surface area contributed by atoms with E-state index in [-0.39, 0.29) is 5.91 Å². The number of carbonyl (C=O) groups is 1. The highest BCUT2D eigenvalue weighted by atomic mass is 32.1. The maximum Gasteiger partial charge on any atom is 0.260 e. The Morgan fingerprint density at radius 3 is 3.00 bits per heavy atom. The SMILES string of the molecule is Cc1[nH]c2ccccc2c1-c1csc(NC(=O)c2ccoc2)n1. The summed E-state index contributed by atoms with van der Waals surface area (Å²) in [7, 11) is 0. The molecule has 0 fully saturated rings. The van der Waals surface area contributed by atoms with Crippen LogP contribution in [0.15, 0.2) is 52.7 Å². The number of amides is 1. The van der Waals surface area contributed by atoms with Gasteiger partial charge in [-0.3, -0.25) is 10.1 Å². The summed E-state index contributed by atoms with van der Waals surface area (Å²) in [5.74, 6) is -0.227. The van der Waals surface area contributed by atoms with Crippen molar-refractivity contribution < 1.29 is 9.21 Å². The van der Waals surface area contributed by atoms with E-state index >= 15 is 0 Å². The Morgan fingerprint density at radius 1 is 1.30 bits per heavy atom. The Bertz CT molecular complexity index is 983. The highest BCUT2D eigenvalue weighted by Gasteiger charge is 2.15. The highest BCUT2D eigenvalue weighted by molar-refractivity contribution is 7.14. The summed E-state index contributed by atoms with van der Waals surface area (Å²) in [6.07, 6.45) is 2.88. The second-order valence-electron chi connectivity index (χ2n) is 5.17. The van der Waals surface area contributed by atoms with Crippen LogP contribution in [0, 0.1) is 6.92 Å². The van der Waals surface area contributed by atoms with Crippen molar-refractivity contribution in [2.24, 2.45) is 0 Å². The van der Waals surface area contributed by atoms with Crippen LogP contribution in [-0.4, -0.2) is 15.9 Å². The molecule has 5 nitrogen and oxygen atoms in total. The number of benzene rings is 1. The third kappa shape index (κ3) is 2.43. The minimum Gasteiger partial charge on any atom is -0.472 e. The number of nitrogens with zero attached hydrogens (tertiary/aromatic N) is 1. The standard InChI is InChI=1S/C17H13N3O2S/c1-10-15(12-4-2-3-5-13(12)18-10)14-9-23-17(19-14)20-16(21)11-6-7-22-8-11/h2-9,18H,1H3,(H,19,20,21). The highest BCUT2D eigenvalue weighted by Crippen LogP contribution is 2.33. The zero-order chi connectivity index (χ0) is 15.8. The van der Waals surface area contributed by atoms with E-state index in [1.54, 1.807) is 6.07 Å². The van der Waals surface area contributed by atoms with Gasteiger partial charge in [0, 0.05) is 27.5 Å². The fourth-order valence-electron chi connectivity index (χ4n) is 2.62. The monoisotopic (exact) mass is 323 g/mol. The summed E-state index contributed by atoms with van der Waals surface area (Å²) in [6, 6.07) is 9.73. The molecule has 4 rings (SSSR count). The molecule has 1 aromatic carbocycles. The van der Waals surface area contributed by atoms with Crippen LogP contribution in [0.4, 0.5) is 5.13 Å². The molecule has 0 saturated carbocycles. The molecule has 0 unspecified atom stereocenters. The van der Waals surface area contributed by atoms with Gasteiger partial charge in [0.1, 0.15) is 6.26 Å². The lowest BCUT2D eigenvalue weighted by Gasteiger charge is -1.98. The molecule has 3 aromatic heterocycles. The number of hydrogen-bond donors (Lipinski definition) is 2. The number of nitrogens with one attached hydrogen (secondary N) is 2. The predicted molar refractivity (Wildman–Crippen MR) is 90.8 cm³/mol. The van der Waals surface area contributed by atoms with Gasteiger partial charge in [0.25, 0.3) is 5.91 Å². The minimum atomic E-state index is -0.227. The fourth-order valence-corrected chi connectivity index (χ4v) is 3.31. The lowest BCUT2D eigenvalue weighted by molar-refractivity contribution is 0.102. The van der Waals surface area contributed by atoms with E-state index in [2.05, 4.69) is 21.4 Å². The number of thiazole rings is 1. The molecular weight excluding hydrogens is 310 g/mol. The molecule has 0 radical (unpaired) electrons. The van der Waals surface area contributed by atoms with Crippen molar-refractivity contribution in [1.82, 2.24) is 9.97 Å². The lowest BCUT2D eigenvalue weighted by Crippen LogP contribution is -2.10. The topological polar surface area (TPSA) is 70.9 Å². The van der Waals surface area contributed by atoms with Crippen molar-refractivity contribution in [1.29, 1.82) is 0 Å². The van der Waals surface area contributed by atoms with Crippen LogP contribution in [0.25, 0.3) is 22.2 Å². The third-order valence-electron chi connectivity index (χ3n) is 3.66. The van der Waals surface area contributed by atoms with E-state index in [1.807, 2.05) is 30.5 Å². The maximum absolute atomic E-state index is 12.0. The molecule has 1 amide bonds. The summed E-state index contributed by atoms with van der Waals surface area (Å²) in [6.45, 7) is 2.03. The van der Waals surface area contributed by atoms with E-state index < -0.39 is 0 Å². The second kappa shape index (κ2) is 5.40. The molecule has 23 heavy (non-hydrogen) atoms. The van der Waals surface area contributed by atoms with Crippen LogP contribution in [0.5, 0.6) is 0 Å². The second-order valence-corrected chi connectivity index (χ2v) is 6.03. The number of aryl methyl sites for hydroxylation is 1. The summed E-state index contributed by atoms with van der Waals surface area (Å²) in [5.41, 5.74) is 4.54. The van der Waals surface area contributed by atoms with Gasteiger partial charge >= 0.3 is 0 Å². The van der Waals surface area contributed by atoms with E-state index in [4.69, 9.17) is 4.42 Å². The molecule has 0 bridgehead atoms. The quantitative estimate of drug-likeness (QED) is 0.585. The average Bonchev–Trinajstić information content (AvgIpc) is 3.25. The van der Waals surface area contributed by atoms with Crippen molar-refractivity contribution in [2.75, 3.05) is 5.32 Å². The molecule has 3 heterocycles. The van der Waals surface area contributed by atoms with Gasteiger partial charge in [-0.05, 0) is 19.1 Å². The lowest BCUT2D eigenvalue weighted by atomic mass is 10.1. The van der Waals surface area contributed by atoms with Crippen molar-refractivity contribution in [3.05, 3.63) is 59.5 Å². The van der Waals surface area contributed by atoms with E-state index in [0.717, 1.165) is 27.9 Å². The Kier molecular flexibility index (Phi) is 3.24. The van der Waals surface area contributed by atoms with Gasteiger partial charge in [-0.1, -0.05) is 18.2 Å². The Balaban J connectivity index is 1.67. The largest absolute Gasteiger partial charge is 0.472 e. The number of carbonyl (C=O) groups excluding carboxylic acids is 1. The number of aromatic nitrogens is 2. The van der Waals surface area contributed by atoms with Crippen LogP contribution in [0.3, 0.4) is 0 Å². The third-order valence-corrected chi connectivity index (χ3v) is 4.42. The number of hydrogen-bond acceptors (Lipinski definition) is 4. The van der Waals surface area contributed by atoms with Gasteiger partial charge in [-0.25, -0.2) is 4.98 Å². The van der Waals surface area contributed by atoms with Crippen molar-refractivity contribution in [3.63, 3.8) is 0 Å². The molecule has 4 aromatic rings. The smallest absolute Gasteiger partial charge is 0.260 e. The molecular formula is C17H13N3O2S. The summed E-state index contributed by atoms with van der Waals surface area (Å²) in [5, 5.41) is 6.44. The van der Waals surface area contributed by atoms with Crippen molar-refractivity contribution in [3.8, 4) is 11.3 Å². The van der Waals surface area contributed by atoms with Crippen molar-refractivity contribution >= 4 is 33.3 Å². The molecule has 0 spiro atoms. The Morgan fingerprint density at radius 2 is 2.17 bits per heavy atom. The van der Waals surface area contributed by atoms with Crippen molar-refractivity contribution in [2.45, 2.75) is 6.92 Å². The van der Waals surface area contributed by atoms with Gasteiger partial charge in [0.05, 0.1) is 17.5 Å². The number of H-pyrrole nitrogens is 1. The van der Waals surface area contributed by atoms with E-state index in [9.17, 15) is 4.79 Å². The normalized spacial score (nSPS) is 11.0. The molecule has 2 N–H and O–H groups in total. The maximum atomic E-state index is 12.0. The van der Waals surface area contributed by atoms with Gasteiger partial charge in [0.15, 0.2) is 5.13 Å². The first-order valence-corrected chi connectivity index (χ1v) is 7.97. The summed E-state index contributed by atoms with van der Waals surface area (Å²) in [4.78, 5) is 20.0. The molecule has 0 aliphatic heterocycles. The van der Waals surface area contributed by atoms with Gasteiger partial charge in [-0.2, -0.15) is 0 Å². The molecule has 6 heteroatoms. The first-order chi connectivity index (χ1) is 11.2. The molecule has 114 valence electrons. The van der Waals surface area contributed by atoms with Gasteiger partial charge in [-0.15, -0.1) is 11.3 Å².